The third-order valence-corrected chi connectivity index (χ3v) is 3.58. The van der Waals surface area contributed by atoms with Crippen molar-refractivity contribution in [2.45, 2.75) is 19.9 Å². The summed E-state index contributed by atoms with van der Waals surface area (Å²) in [5.74, 6) is 0.993. The molecule has 0 aliphatic heterocycles. The molecule has 1 atom stereocenters. The lowest BCUT2D eigenvalue weighted by molar-refractivity contribution is 0.459. The van der Waals surface area contributed by atoms with E-state index in [1.165, 1.54) is 11.1 Å². The molecule has 1 N–H and O–H groups in total. The zero-order valence-corrected chi connectivity index (χ0v) is 11.9. The van der Waals surface area contributed by atoms with Crippen molar-refractivity contribution in [2.75, 3.05) is 6.54 Å². The van der Waals surface area contributed by atoms with E-state index in [9.17, 15) is 0 Å². The van der Waals surface area contributed by atoms with Gasteiger partial charge in [-0.15, -0.1) is 0 Å². The highest BCUT2D eigenvalue weighted by atomic mass is 16.3. The van der Waals surface area contributed by atoms with E-state index in [1.807, 2.05) is 6.07 Å². The number of hydrogen-bond acceptors (Lipinski definition) is 2. The van der Waals surface area contributed by atoms with E-state index in [4.69, 9.17) is 4.42 Å². The van der Waals surface area contributed by atoms with Crippen molar-refractivity contribution in [3.8, 4) is 11.1 Å². The van der Waals surface area contributed by atoms with Crippen LogP contribution < -0.4 is 5.32 Å². The van der Waals surface area contributed by atoms with Gasteiger partial charge in [0.05, 0.1) is 6.04 Å². The van der Waals surface area contributed by atoms with Crippen LogP contribution >= 0.6 is 0 Å². The molecule has 0 saturated heterocycles. The molecule has 1 heterocycles. The second-order valence-electron chi connectivity index (χ2n) is 5.05. The van der Waals surface area contributed by atoms with Crippen LogP contribution in [0.1, 0.15) is 25.6 Å². The molecular weight excluding hydrogens is 246 g/mol. The maximum atomic E-state index is 5.91. The van der Waals surface area contributed by atoms with Gasteiger partial charge in [-0.3, -0.25) is 0 Å². The van der Waals surface area contributed by atoms with Gasteiger partial charge < -0.3 is 9.73 Å². The maximum Gasteiger partial charge on any atom is 0.134 e. The number of furan rings is 1. The topological polar surface area (TPSA) is 25.2 Å². The number of nitrogens with one attached hydrogen (secondary N) is 1. The fraction of sp³-hybridized carbons (Fsp3) is 0.222. The molecule has 0 bridgehead atoms. The van der Waals surface area contributed by atoms with Crippen LogP contribution in [0.2, 0.25) is 0 Å². The van der Waals surface area contributed by atoms with Gasteiger partial charge in [0.25, 0.3) is 0 Å². The number of rotatable bonds is 4. The molecule has 0 amide bonds. The predicted octanol–water partition coefficient (Wildman–Crippen LogP) is 4.77. The van der Waals surface area contributed by atoms with Crippen molar-refractivity contribution in [1.82, 2.24) is 5.32 Å². The molecule has 0 spiro atoms. The zero-order chi connectivity index (χ0) is 13.9. The van der Waals surface area contributed by atoms with E-state index in [0.29, 0.717) is 0 Å². The fourth-order valence-corrected chi connectivity index (χ4v) is 2.49. The molecule has 1 unspecified atom stereocenters. The number of benzene rings is 2. The van der Waals surface area contributed by atoms with Crippen LogP contribution in [-0.2, 0) is 0 Å². The third kappa shape index (κ3) is 2.47. The minimum absolute atomic E-state index is 0.243. The summed E-state index contributed by atoms with van der Waals surface area (Å²) >= 11 is 0. The van der Waals surface area contributed by atoms with Crippen LogP contribution in [0.4, 0.5) is 0 Å². The molecule has 3 rings (SSSR count). The highest BCUT2D eigenvalue weighted by Gasteiger charge is 2.10. The van der Waals surface area contributed by atoms with Crippen molar-refractivity contribution < 1.29 is 4.42 Å². The molecule has 1 aromatic heterocycles. The average Bonchev–Trinajstić information content (AvgIpc) is 2.91. The first-order valence-electron chi connectivity index (χ1n) is 7.10. The van der Waals surface area contributed by atoms with Crippen LogP contribution in [0.15, 0.2) is 59.0 Å². The summed E-state index contributed by atoms with van der Waals surface area (Å²) in [5.41, 5.74) is 3.41. The summed E-state index contributed by atoms with van der Waals surface area (Å²) in [7, 11) is 0. The first kappa shape index (κ1) is 12.9. The Morgan fingerprint density at radius 1 is 1.00 bits per heavy atom. The second kappa shape index (κ2) is 5.51. The summed E-state index contributed by atoms with van der Waals surface area (Å²) in [6, 6.07) is 19.2. The van der Waals surface area contributed by atoms with Gasteiger partial charge in [-0.05, 0) is 42.8 Å². The van der Waals surface area contributed by atoms with Crippen LogP contribution in [0.5, 0.6) is 0 Å². The molecular formula is C18H19NO. The smallest absolute Gasteiger partial charge is 0.134 e. The number of fused-ring (bicyclic) bond motifs is 1. The molecule has 2 heteroatoms. The molecule has 3 aromatic rings. The standard InChI is InChI=1S/C18H19NO/c1-3-19-13(2)18-12-16-11-15(9-10-17(16)20-18)14-7-5-4-6-8-14/h4-13,19H,3H2,1-2H3. The average molecular weight is 265 g/mol. The summed E-state index contributed by atoms with van der Waals surface area (Å²) in [6.45, 7) is 5.17. The SMILES string of the molecule is CCNC(C)c1cc2cc(-c3ccccc3)ccc2o1. The molecule has 0 aliphatic carbocycles. The van der Waals surface area contributed by atoms with Crippen molar-refractivity contribution >= 4 is 11.0 Å². The maximum absolute atomic E-state index is 5.91. The van der Waals surface area contributed by atoms with Crippen molar-refractivity contribution in [3.05, 3.63) is 60.4 Å². The third-order valence-electron chi connectivity index (χ3n) is 3.58. The Labute approximate surface area is 119 Å². The predicted molar refractivity (Wildman–Crippen MR) is 83.7 cm³/mol. The molecule has 2 aromatic carbocycles. The van der Waals surface area contributed by atoms with E-state index in [0.717, 1.165) is 23.3 Å². The fourth-order valence-electron chi connectivity index (χ4n) is 2.49. The lowest BCUT2D eigenvalue weighted by Gasteiger charge is -2.07. The van der Waals surface area contributed by atoms with E-state index in [2.05, 4.69) is 67.7 Å². The van der Waals surface area contributed by atoms with Gasteiger partial charge in [-0.25, -0.2) is 0 Å². The minimum atomic E-state index is 0.243. The number of hydrogen-bond donors (Lipinski definition) is 1. The summed E-state index contributed by atoms with van der Waals surface area (Å²) < 4.78 is 5.91. The van der Waals surface area contributed by atoms with E-state index >= 15 is 0 Å². The van der Waals surface area contributed by atoms with E-state index in [-0.39, 0.29) is 6.04 Å². The Morgan fingerprint density at radius 2 is 1.80 bits per heavy atom. The van der Waals surface area contributed by atoms with E-state index in [1.54, 1.807) is 0 Å². The molecule has 2 nitrogen and oxygen atoms in total. The molecule has 0 saturated carbocycles. The van der Waals surface area contributed by atoms with Crippen LogP contribution in [0.3, 0.4) is 0 Å². The molecule has 20 heavy (non-hydrogen) atoms. The van der Waals surface area contributed by atoms with Gasteiger partial charge in [0.15, 0.2) is 0 Å². The first-order valence-corrected chi connectivity index (χ1v) is 7.10. The molecule has 0 aliphatic rings. The summed E-state index contributed by atoms with van der Waals surface area (Å²) in [4.78, 5) is 0. The van der Waals surface area contributed by atoms with Crippen molar-refractivity contribution in [1.29, 1.82) is 0 Å². The zero-order valence-electron chi connectivity index (χ0n) is 11.9. The van der Waals surface area contributed by atoms with Gasteiger partial charge in [0.1, 0.15) is 11.3 Å². The Kier molecular flexibility index (Phi) is 3.57. The summed E-state index contributed by atoms with van der Waals surface area (Å²) in [5, 5.41) is 4.53. The van der Waals surface area contributed by atoms with E-state index < -0.39 is 0 Å². The Morgan fingerprint density at radius 3 is 2.55 bits per heavy atom. The Hall–Kier alpha value is -2.06. The monoisotopic (exact) mass is 265 g/mol. The minimum Gasteiger partial charge on any atom is -0.459 e. The van der Waals surface area contributed by atoms with Gasteiger partial charge in [0.2, 0.25) is 0 Å². The van der Waals surface area contributed by atoms with Gasteiger partial charge in [-0.2, -0.15) is 0 Å². The van der Waals surface area contributed by atoms with Crippen LogP contribution in [0, 0.1) is 0 Å². The molecule has 0 radical (unpaired) electrons. The van der Waals surface area contributed by atoms with Gasteiger partial charge >= 0.3 is 0 Å². The molecule has 102 valence electrons. The molecule has 0 fully saturated rings. The second-order valence-corrected chi connectivity index (χ2v) is 5.05. The largest absolute Gasteiger partial charge is 0.459 e. The first-order chi connectivity index (χ1) is 9.78. The highest BCUT2D eigenvalue weighted by molar-refractivity contribution is 5.84. The van der Waals surface area contributed by atoms with Crippen molar-refractivity contribution in [2.24, 2.45) is 0 Å². The Bertz CT molecular complexity index is 700. The van der Waals surface area contributed by atoms with Crippen LogP contribution in [-0.4, -0.2) is 6.54 Å². The summed E-state index contributed by atoms with van der Waals surface area (Å²) in [6.07, 6.45) is 0. The normalized spacial score (nSPS) is 12.7. The van der Waals surface area contributed by atoms with Gasteiger partial charge in [-0.1, -0.05) is 43.3 Å². The quantitative estimate of drug-likeness (QED) is 0.735. The van der Waals surface area contributed by atoms with Crippen LogP contribution in [0.25, 0.3) is 22.1 Å². The van der Waals surface area contributed by atoms with Gasteiger partial charge in [0, 0.05) is 5.39 Å². The highest BCUT2D eigenvalue weighted by Crippen LogP contribution is 2.28. The lowest BCUT2D eigenvalue weighted by Crippen LogP contribution is -2.16. The Balaban J connectivity index is 1.99. The lowest BCUT2D eigenvalue weighted by atomic mass is 10.0. The van der Waals surface area contributed by atoms with Crippen molar-refractivity contribution in [3.63, 3.8) is 0 Å².